The van der Waals surface area contributed by atoms with Gasteiger partial charge in [-0.3, -0.25) is 9.59 Å². The van der Waals surface area contributed by atoms with Gasteiger partial charge < -0.3 is 10.2 Å². The van der Waals surface area contributed by atoms with Crippen molar-refractivity contribution in [2.75, 3.05) is 12.4 Å². The number of carbonyl (C=O) groups excluding carboxylic acids is 2. The van der Waals surface area contributed by atoms with Crippen LogP contribution in [0.4, 0.5) is 5.69 Å². The number of benzene rings is 2. The number of nitrogens with zero attached hydrogens (tertiary/aromatic N) is 1. The summed E-state index contributed by atoms with van der Waals surface area (Å²) < 4.78 is 0. The smallest absolute Gasteiger partial charge is 0.227 e. The summed E-state index contributed by atoms with van der Waals surface area (Å²) in [6.07, 6.45) is 2.98. The predicted octanol–water partition coefficient (Wildman–Crippen LogP) is 5.05. The Morgan fingerprint density at radius 3 is 2.32 bits per heavy atom. The largest absolute Gasteiger partial charge is 0.341 e. The average molecular weight is 399 g/mol. The Bertz CT molecular complexity index is 830. The first-order valence-corrected chi connectivity index (χ1v) is 10.2. The Kier molecular flexibility index (Phi) is 6.74. The van der Waals surface area contributed by atoms with Crippen LogP contribution in [0.15, 0.2) is 48.5 Å². The number of halogens is 1. The lowest BCUT2D eigenvalue weighted by molar-refractivity contribution is -0.137. The highest BCUT2D eigenvalue weighted by atomic mass is 35.5. The molecule has 4 nitrogen and oxygen atoms in total. The molecule has 1 N–H and O–H groups in total. The van der Waals surface area contributed by atoms with Crippen LogP contribution in [0.5, 0.6) is 0 Å². The van der Waals surface area contributed by atoms with Gasteiger partial charge in [0.2, 0.25) is 11.8 Å². The molecule has 1 saturated carbocycles. The maximum atomic E-state index is 12.8. The van der Waals surface area contributed by atoms with E-state index in [1.54, 1.807) is 11.0 Å². The summed E-state index contributed by atoms with van der Waals surface area (Å²) in [5, 5.41) is 3.61. The molecule has 0 saturated heterocycles. The monoisotopic (exact) mass is 398 g/mol. The quantitative estimate of drug-likeness (QED) is 0.765. The summed E-state index contributed by atoms with van der Waals surface area (Å²) in [7, 11) is 1.86. The van der Waals surface area contributed by atoms with Gasteiger partial charge in [0.1, 0.15) is 0 Å². The van der Waals surface area contributed by atoms with E-state index in [0.29, 0.717) is 11.6 Å². The van der Waals surface area contributed by atoms with Crippen molar-refractivity contribution in [2.45, 2.75) is 39.2 Å². The lowest BCUT2D eigenvalue weighted by atomic mass is 9.81. The van der Waals surface area contributed by atoms with Gasteiger partial charge in [0.25, 0.3) is 0 Å². The third-order valence-electron chi connectivity index (χ3n) is 5.53. The van der Waals surface area contributed by atoms with Crippen LogP contribution in [0.3, 0.4) is 0 Å². The second-order valence-corrected chi connectivity index (χ2v) is 8.09. The summed E-state index contributed by atoms with van der Waals surface area (Å²) in [4.78, 5) is 27.1. The standard InChI is InChI=1S/C23H27ClN2O2/c1-16-8-13-20(14-21(16)24)25-22(27)18-9-11-19(12-10-18)23(28)26(2)15-17-6-4-3-5-7-17/h3-8,13-14,18-19H,9-12,15H2,1-2H3,(H,25,27). The molecule has 0 spiro atoms. The second kappa shape index (κ2) is 9.24. The molecule has 0 unspecified atom stereocenters. The number of hydrogen-bond donors (Lipinski definition) is 1. The number of anilines is 1. The minimum atomic E-state index is -0.0523. The minimum absolute atomic E-state index is 0.00609. The second-order valence-electron chi connectivity index (χ2n) is 7.68. The molecular weight excluding hydrogens is 372 g/mol. The van der Waals surface area contributed by atoms with Gasteiger partial charge in [-0.25, -0.2) is 0 Å². The zero-order valence-electron chi connectivity index (χ0n) is 16.5. The Balaban J connectivity index is 1.49. The zero-order chi connectivity index (χ0) is 20.1. The first-order chi connectivity index (χ1) is 13.4. The van der Waals surface area contributed by atoms with Crippen LogP contribution in [-0.4, -0.2) is 23.8 Å². The summed E-state index contributed by atoms with van der Waals surface area (Å²) in [6.45, 7) is 2.55. The number of nitrogens with one attached hydrogen (secondary N) is 1. The van der Waals surface area contributed by atoms with E-state index in [-0.39, 0.29) is 23.7 Å². The fourth-order valence-electron chi connectivity index (χ4n) is 3.76. The molecule has 148 valence electrons. The van der Waals surface area contributed by atoms with Gasteiger partial charge in [-0.1, -0.05) is 48.0 Å². The molecular formula is C23H27ClN2O2. The highest BCUT2D eigenvalue weighted by Crippen LogP contribution is 2.31. The van der Waals surface area contributed by atoms with E-state index in [0.717, 1.165) is 42.5 Å². The molecule has 0 atom stereocenters. The Morgan fingerprint density at radius 2 is 1.68 bits per heavy atom. The molecule has 2 aromatic rings. The first-order valence-electron chi connectivity index (χ1n) is 9.80. The molecule has 2 amide bonds. The van der Waals surface area contributed by atoms with E-state index in [9.17, 15) is 9.59 Å². The fourth-order valence-corrected chi connectivity index (χ4v) is 3.94. The topological polar surface area (TPSA) is 49.4 Å². The third kappa shape index (κ3) is 5.14. The summed E-state index contributed by atoms with van der Waals surface area (Å²) in [5.74, 6) is 0.145. The van der Waals surface area contributed by atoms with Crippen molar-refractivity contribution < 1.29 is 9.59 Å². The Hall–Kier alpha value is -2.33. The zero-order valence-corrected chi connectivity index (χ0v) is 17.2. The van der Waals surface area contributed by atoms with Crippen molar-refractivity contribution >= 4 is 29.1 Å². The molecule has 0 aliphatic heterocycles. The van der Waals surface area contributed by atoms with Crippen molar-refractivity contribution in [2.24, 2.45) is 11.8 Å². The minimum Gasteiger partial charge on any atom is -0.341 e. The molecule has 0 heterocycles. The van der Waals surface area contributed by atoms with Crippen molar-refractivity contribution in [1.82, 2.24) is 4.90 Å². The van der Waals surface area contributed by atoms with Crippen LogP contribution in [0, 0.1) is 18.8 Å². The highest BCUT2D eigenvalue weighted by Gasteiger charge is 2.31. The average Bonchev–Trinajstić information content (AvgIpc) is 2.71. The van der Waals surface area contributed by atoms with Crippen LogP contribution in [0.25, 0.3) is 0 Å². The maximum absolute atomic E-state index is 12.8. The summed E-state index contributed by atoms with van der Waals surface area (Å²) in [5.41, 5.74) is 2.84. The summed E-state index contributed by atoms with van der Waals surface area (Å²) >= 11 is 6.13. The SMILES string of the molecule is Cc1ccc(NC(=O)C2CCC(C(=O)N(C)Cc3ccccc3)CC2)cc1Cl. The van der Waals surface area contributed by atoms with Gasteiger partial charge >= 0.3 is 0 Å². The van der Waals surface area contributed by atoms with Crippen molar-refractivity contribution in [1.29, 1.82) is 0 Å². The van der Waals surface area contributed by atoms with Crippen LogP contribution in [0.1, 0.15) is 36.8 Å². The van der Waals surface area contributed by atoms with Gasteiger partial charge in [-0.15, -0.1) is 0 Å². The van der Waals surface area contributed by atoms with Crippen LogP contribution in [-0.2, 0) is 16.1 Å². The molecule has 1 fully saturated rings. The van der Waals surface area contributed by atoms with Gasteiger partial charge in [0.15, 0.2) is 0 Å². The van der Waals surface area contributed by atoms with Crippen LogP contribution in [0.2, 0.25) is 5.02 Å². The number of amides is 2. The van der Waals surface area contributed by atoms with Gasteiger partial charge in [0.05, 0.1) is 0 Å². The van der Waals surface area contributed by atoms with E-state index in [1.807, 2.05) is 56.4 Å². The molecule has 1 aliphatic carbocycles. The van der Waals surface area contributed by atoms with Gasteiger partial charge in [-0.2, -0.15) is 0 Å². The molecule has 0 aromatic heterocycles. The van der Waals surface area contributed by atoms with Gasteiger partial charge in [0, 0.05) is 36.1 Å². The van der Waals surface area contributed by atoms with Crippen molar-refractivity contribution in [3.63, 3.8) is 0 Å². The van der Waals surface area contributed by atoms with Crippen LogP contribution < -0.4 is 5.32 Å². The molecule has 5 heteroatoms. The summed E-state index contributed by atoms with van der Waals surface area (Å²) in [6, 6.07) is 15.6. The molecule has 0 bridgehead atoms. The third-order valence-corrected chi connectivity index (χ3v) is 5.93. The fraction of sp³-hybridized carbons (Fsp3) is 0.391. The van der Waals surface area contributed by atoms with E-state index in [2.05, 4.69) is 5.32 Å². The number of rotatable bonds is 5. The van der Waals surface area contributed by atoms with Crippen LogP contribution >= 0.6 is 11.6 Å². The lowest BCUT2D eigenvalue weighted by Crippen LogP contribution is -2.36. The van der Waals surface area contributed by atoms with Crippen molar-refractivity contribution in [3.8, 4) is 0 Å². The number of aryl methyl sites for hydroxylation is 1. The first kappa shape index (κ1) is 20.4. The Labute approximate surface area is 171 Å². The van der Waals surface area contributed by atoms with Crippen molar-refractivity contribution in [3.05, 3.63) is 64.7 Å². The normalized spacial score (nSPS) is 19.1. The van der Waals surface area contributed by atoms with Gasteiger partial charge in [-0.05, 0) is 55.9 Å². The van der Waals surface area contributed by atoms with E-state index < -0.39 is 0 Å². The molecule has 1 aliphatic rings. The highest BCUT2D eigenvalue weighted by molar-refractivity contribution is 6.31. The molecule has 0 radical (unpaired) electrons. The molecule has 3 rings (SSSR count). The molecule has 2 aromatic carbocycles. The number of hydrogen-bond acceptors (Lipinski definition) is 2. The molecule has 28 heavy (non-hydrogen) atoms. The maximum Gasteiger partial charge on any atom is 0.227 e. The lowest BCUT2D eigenvalue weighted by Gasteiger charge is -2.30. The van der Waals surface area contributed by atoms with E-state index in [1.165, 1.54) is 0 Å². The predicted molar refractivity (Wildman–Crippen MR) is 113 cm³/mol. The Morgan fingerprint density at radius 1 is 1.04 bits per heavy atom. The number of carbonyl (C=O) groups is 2. The van der Waals surface area contributed by atoms with E-state index >= 15 is 0 Å². The van der Waals surface area contributed by atoms with E-state index in [4.69, 9.17) is 11.6 Å².